The summed E-state index contributed by atoms with van der Waals surface area (Å²) in [5.41, 5.74) is 7.91. The summed E-state index contributed by atoms with van der Waals surface area (Å²) in [6, 6.07) is 6.68. The predicted molar refractivity (Wildman–Crippen MR) is 81.0 cm³/mol. The molecule has 20 heavy (non-hydrogen) atoms. The number of benzene rings is 1. The maximum absolute atomic E-state index is 5.94. The van der Waals surface area contributed by atoms with E-state index in [-0.39, 0.29) is 6.10 Å². The van der Waals surface area contributed by atoms with Gasteiger partial charge >= 0.3 is 0 Å². The second-order valence-electron chi connectivity index (χ2n) is 5.70. The standard InChI is InChI=1S/C16H26N2O2/c1-12(2)18-6-7-19-15(10-18)11-20-16-8-14(9-17)5-4-13(16)3/h4-5,8,12,15H,6-7,9-11,17H2,1-3H3. The minimum absolute atomic E-state index is 0.145. The van der Waals surface area contributed by atoms with Crippen LogP contribution >= 0.6 is 0 Å². The van der Waals surface area contributed by atoms with Crippen LogP contribution in [0.3, 0.4) is 0 Å². The molecule has 1 aliphatic heterocycles. The van der Waals surface area contributed by atoms with E-state index in [1.54, 1.807) is 0 Å². The van der Waals surface area contributed by atoms with Gasteiger partial charge in [-0.1, -0.05) is 12.1 Å². The maximum Gasteiger partial charge on any atom is 0.122 e. The molecule has 2 N–H and O–H groups in total. The Balaban J connectivity index is 1.91. The first-order chi connectivity index (χ1) is 9.60. The number of morpholine rings is 1. The normalized spacial score (nSPS) is 20.4. The number of nitrogens with zero attached hydrogens (tertiary/aromatic N) is 1. The summed E-state index contributed by atoms with van der Waals surface area (Å²) in [5, 5.41) is 0. The molecule has 4 nitrogen and oxygen atoms in total. The predicted octanol–water partition coefficient (Wildman–Crippen LogP) is 1.94. The quantitative estimate of drug-likeness (QED) is 0.894. The van der Waals surface area contributed by atoms with Crippen LogP contribution in [-0.4, -0.2) is 43.3 Å². The first kappa shape index (κ1) is 15.3. The molecule has 1 unspecified atom stereocenters. The van der Waals surface area contributed by atoms with Gasteiger partial charge in [-0.25, -0.2) is 0 Å². The highest BCUT2D eigenvalue weighted by Crippen LogP contribution is 2.20. The molecule has 1 aromatic carbocycles. The molecule has 112 valence electrons. The van der Waals surface area contributed by atoms with Gasteiger partial charge in [-0.05, 0) is 38.0 Å². The Hall–Kier alpha value is -1.10. The minimum Gasteiger partial charge on any atom is -0.491 e. The van der Waals surface area contributed by atoms with Gasteiger partial charge in [-0.3, -0.25) is 4.90 Å². The molecule has 4 heteroatoms. The Morgan fingerprint density at radius 3 is 2.95 bits per heavy atom. The minimum atomic E-state index is 0.145. The topological polar surface area (TPSA) is 47.7 Å². The second-order valence-corrected chi connectivity index (χ2v) is 5.70. The van der Waals surface area contributed by atoms with Crippen molar-refractivity contribution in [2.75, 3.05) is 26.3 Å². The Labute approximate surface area is 121 Å². The zero-order chi connectivity index (χ0) is 14.5. The lowest BCUT2D eigenvalue weighted by Gasteiger charge is -2.35. The molecular formula is C16H26N2O2. The number of nitrogens with two attached hydrogens (primary N) is 1. The summed E-state index contributed by atoms with van der Waals surface area (Å²) >= 11 is 0. The molecule has 0 bridgehead atoms. The van der Waals surface area contributed by atoms with Crippen molar-refractivity contribution >= 4 is 0 Å². The van der Waals surface area contributed by atoms with Crippen LogP contribution in [0.2, 0.25) is 0 Å². The van der Waals surface area contributed by atoms with E-state index in [4.69, 9.17) is 15.2 Å². The summed E-state index contributed by atoms with van der Waals surface area (Å²) < 4.78 is 11.7. The molecule has 0 amide bonds. The van der Waals surface area contributed by atoms with E-state index in [2.05, 4.69) is 31.7 Å². The van der Waals surface area contributed by atoms with E-state index in [1.165, 1.54) is 0 Å². The lowest BCUT2D eigenvalue weighted by molar-refractivity contribution is -0.0565. The molecular weight excluding hydrogens is 252 g/mol. The van der Waals surface area contributed by atoms with Crippen LogP contribution in [0.1, 0.15) is 25.0 Å². The number of ether oxygens (including phenoxy) is 2. The van der Waals surface area contributed by atoms with Gasteiger partial charge < -0.3 is 15.2 Å². The van der Waals surface area contributed by atoms with E-state index >= 15 is 0 Å². The average molecular weight is 278 g/mol. The van der Waals surface area contributed by atoms with E-state index in [9.17, 15) is 0 Å². The molecule has 0 aromatic heterocycles. The van der Waals surface area contributed by atoms with Gasteiger partial charge in [0, 0.05) is 25.7 Å². The summed E-state index contributed by atoms with van der Waals surface area (Å²) in [5.74, 6) is 0.915. The fourth-order valence-corrected chi connectivity index (χ4v) is 2.42. The largest absolute Gasteiger partial charge is 0.491 e. The van der Waals surface area contributed by atoms with Gasteiger partial charge in [0.25, 0.3) is 0 Å². The number of hydrogen-bond donors (Lipinski definition) is 1. The van der Waals surface area contributed by atoms with E-state index < -0.39 is 0 Å². The summed E-state index contributed by atoms with van der Waals surface area (Å²) in [6.45, 7) is 10.4. The van der Waals surface area contributed by atoms with Crippen LogP contribution < -0.4 is 10.5 Å². The van der Waals surface area contributed by atoms with E-state index in [0.717, 1.165) is 36.6 Å². The van der Waals surface area contributed by atoms with Gasteiger partial charge in [0.2, 0.25) is 0 Å². The Bertz CT molecular complexity index is 434. The molecule has 1 fully saturated rings. The van der Waals surface area contributed by atoms with Crippen LogP contribution in [0, 0.1) is 6.92 Å². The molecule has 2 rings (SSSR count). The van der Waals surface area contributed by atoms with Crippen molar-refractivity contribution in [1.29, 1.82) is 0 Å². The second kappa shape index (κ2) is 7.07. The van der Waals surface area contributed by atoms with Crippen LogP contribution in [0.15, 0.2) is 18.2 Å². The third kappa shape index (κ3) is 3.95. The third-order valence-corrected chi connectivity index (χ3v) is 3.81. The van der Waals surface area contributed by atoms with Crippen molar-refractivity contribution in [3.63, 3.8) is 0 Å². The summed E-state index contributed by atoms with van der Waals surface area (Å²) in [4.78, 5) is 2.43. The molecule has 0 radical (unpaired) electrons. The zero-order valence-electron chi connectivity index (χ0n) is 12.8. The smallest absolute Gasteiger partial charge is 0.122 e. The van der Waals surface area contributed by atoms with Gasteiger partial charge in [-0.2, -0.15) is 0 Å². The van der Waals surface area contributed by atoms with E-state index in [0.29, 0.717) is 19.2 Å². The van der Waals surface area contributed by atoms with Gasteiger partial charge in [0.05, 0.1) is 6.61 Å². The van der Waals surface area contributed by atoms with Crippen LogP contribution in [-0.2, 0) is 11.3 Å². The van der Waals surface area contributed by atoms with Gasteiger partial charge in [0.1, 0.15) is 18.5 Å². The number of aryl methyl sites for hydroxylation is 1. The van der Waals surface area contributed by atoms with Crippen molar-refractivity contribution in [1.82, 2.24) is 4.90 Å². The van der Waals surface area contributed by atoms with Gasteiger partial charge in [0.15, 0.2) is 0 Å². The maximum atomic E-state index is 5.94. The highest BCUT2D eigenvalue weighted by atomic mass is 16.5. The lowest BCUT2D eigenvalue weighted by Crippen LogP contribution is -2.47. The summed E-state index contributed by atoms with van der Waals surface area (Å²) in [7, 11) is 0. The Morgan fingerprint density at radius 2 is 2.25 bits per heavy atom. The van der Waals surface area contributed by atoms with Gasteiger partial charge in [-0.15, -0.1) is 0 Å². The first-order valence-electron chi connectivity index (χ1n) is 7.38. The van der Waals surface area contributed by atoms with Crippen molar-refractivity contribution < 1.29 is 9.47 Å². The molecule has 1 saturated heterocycles. The van der Waals surface area contributed by atoms with Crippen molar-refractivity contribution in [3.05, 3.63) is 29.3 Å². The molecule has 0 saturated carbocycles. The van der Waals surface area contributed by atoms with Crippen LogP contribution in [0.25, 0.3) is 0 Å². The SMILES string of the molecule is Cc1ccc(CN)cc1OCC1CN(C(C)C)CCO1. The molecule has 1 atom stereocenters. The van der Waals surface area contributed by atoms with E-state index in [1.807, 2.05) is 12.1 Å². The Kier molecular flexibility index (Phi) is 5.40. The lowest BCUT2D eigenvalue weighted by atomic mass is 10.1. The molecule has 1 heterocycles. The zero-order valence-corrected chi connectivity index (χ0v) is 12.8. The monoisotopic (exact) mass is 278 g/mol. The molecule has 1 aliphatic rings. The highest BCUT2D eigenvalue weighted by molar-refractivity contribution is 5.36. The number of hydrogen-bond acceptors (Lipinski definition) is 4. The average Bonchev–Trinajstić information content (AvgIpc) is 2.46. The Morgan fingerprint density at radius 1 is 1.45 bits per heavy atom. The van der Waals surface area contributed by atoms with Crippen molar-refractivity contribution in [2.45, 2.75) is 39.5 Å². The van der Waals surface area contributed by atoms with Crippen molar-refractivity contribution in [3.8, 4) is 5.75 Å². The van der Waals surface area contributed by atoms with Crippen LogP contribution in [0.4, 0.5) is 0 Å². The fourth-order valence-electron chi connectivity index (χ4n) is 2.42. The fraction of sp³-hybridized carbons (Fsp3) is 0.625. The number of rotatable bonds is 5. The van der Waals surface area contributed by atoms with Crippen molar-refractivity contribution in [2.24, 2.45) is 5.73 Å². The molecule has 0 spiro atoms. The summed E-state index contributed by atoms with van der Waals surface area (Å²) in [6.07, 6.45) is 0.145. The van der Waals surface area contributed by atoms with Crippen LogP contribution in [0.5, 0.6) is 5.75 Å². The first-order valence-corrected chi connectivity index (χ1v) is 7.38. The molecule has 0 aliphatic carbocycles. The third-order valence-electron chi connectivity index (χ3n) is 3.81. The highest BCUT2D eigenvalue weighted by Gasteiger charge is 2.22. The molecule has 1 aromatic rings.